The third-order valence-corrected chi connectivity index (χ3v) is 3.54. The topological polar surface area (TPSA) is 113 Å². The lowest BCUT2D eigenvalue weighted by molar-refractivity contribution is 0.256. The Morgan fingerprint density at radius 2 is 2.04 bits per heavy atom. The molecule has 1 aromatic carbocycles. The van der Waals surface area contributed by atoms with Crippen molar-refractivity contribution in [2.24, 2.45) is 0 Å². The average Bonchev–Trinajstić information content (AvgIpc) is 2.82. The second kappa shape index (κ2) is 6.71. The van der Waals surface area contributed by atoms with Gasteiger partial charge in [-0.05, 0) is 13.0 Å². The van der Waals surface area contributed by atoms with Gasteiger partial charge < -0.3 is 4.52 Å². The molecule has 0 saturated carbocycles. The van der Waals surface area contributed by atoms with Crippen molar-refractivity contribution in [1.82, 2.24) is 14.6 Å². The van der Waals surface area contributed by atoms with Crippen molar-refractivity contribution in [3.05, 3.63) is 47.2 Å². The monoisotopic (exact) mass is 346 g/mol. The molecule has 1 heterocycles. The highest BCUT2D eigenvalue weighted by Crippen LogP contribution is 2.09. The summed E-state index contributed by atoms with van der Waals surface area (Å²) < 4.78 is 57.8. The summed E-state index contributed by atoms with van der Waals surface area (Å²) in [6, 6.07) is 3.00. The molecule has 0 fully saturated rings. The lowest BCUT2D eigenvalue weighted by Gasteiger charge is -2.09. The van der Waals surface area contributed by atoms with Gasteiger partial charge in [-0.25, -0.2) is 18.3 Å². The molecule has 23 heavy (non-hydrogen) atoms. The summed E-state index contributed by atoms with van der Waals surface area (Å²) in [5, 5.41) is 5.59. The third kappa shape index (κ3) is 5.00. The molecule has 2 amide bonds. The Hall–Kier alpha value is -2.53. The molecule has 0 radical (unpaired) electrons. The van der Waals surface area contributed by atoms with Gasteiger partial charge in [0, 0.05) is 24.2 Å². The molecule has 124 valence electrons. The Morgan fingerprint density at radius 1 is 1.30 bits per heavy atom. The lowest BCUT2D eigenvalue weighted by Crippen LogP contribution is -2.42. The number of aromatic nitrogens is 1. The van der Waals surface area contributed by atoms with Crippen LogP contribution in [-0.4, -0.2) is 19.6 Å². The Kier molecular flexibility index (Phi) is 4.91. The number of benzene rings is 1. The zero-order chi connectivity index (χ0) is 17.0. The van der Waals surface area contributed by atoms with E-state index in [0.29, 0.717) is 11.8 Å². The van der Waals surface area contributed by atoms with Crippen LogP contribution in [0.5, 0.6) is 0 Å². The number of urea groups is 1. The molecule has 8 nitrogen and oxygen atoms in total. The molecular weight excluding hydrogens is 334 g/mol. The van der Waals surface area contributed by atoms with Crippen LogP contribution in [0.2, 0.25) is 0 Å². The van der Waals surface area contributed by atoms with Crippen LogP contribution in [0.25, 0.3) is 0 Å². The number of carbonyl (C=O) groups is 1. The van der Waals surface area contributed by atoms with Crippen molar-refractivity contribution >= 4 is 22.1 Å². The van der Waals surface area contributed by atoms with E-state index in [2.05, 4.69) is 10.5 Å². The van der Waals surface area contributed by atoms with E-state index in [9.17, 15) is 22.0 Å². The van der Waals surface area contributed by atoms with E-state index in [1.165, 1.54) is 6.07 Å². The van der Waals surface area contributed by atoms with Gasteiger partial charge >= 0.3 is 16.2 Å². The number of amides is 2. The molecule has 0 saturated heterocycles. The van der Waals surface area contributed by atoms with Crippen LogP contribution in [0, 0.1) is 18.6 Å². The van der Waals surface area contributed by atoms with E-state index in [1.54, 1.807) is 11.6 Å². The summed E-state index contributed by atoms with van der Waals surface area (Å²) in [5.41, 5.74) is -0.0793. The lowest BCUT2D eigenvalue weighted by atomic mass is 10.2. The molecule has 0 aliphatic heterocycles. The van der Waals surface area contributed by atoms with Crippen LogP contribution in [0.15, 0.2) is 28.8 Å². The minimum Gasteiger partial charge on any atom is -0.360 e. The van der Waals surface area contributed by atoms with Gasteiger partial charge in [0.25, 0.3) is 0 Å². The molecular formula is C12H12F2N4O4S. The van der Waals surface area contributed by atoms with Crippen LogP contribution >= 0.6 is 0 Å². The van der Waals surface area contributed by atoms with Crippen molar-refractivity contribution in [2.45, 2.75) is 13.5 Å². The fourth-order valence-electron chi connectivity index (χ4n) is 1.56. The summed E-state index contributed by atoms with van der Waals surface area (Å²) >= 11 is 0. The maximum Gasteiger partial charge on any atom is 0.335 e. The molecule has 0 unspecified atom stereocenters. The van der Waals surface area contributed by atoms with Crippen molar-refractivity contribution in [3.8, 4) is 0 Å². The molecule has 3 N–H and O–H groups in total. The normalized spacial score (nSPS) is 11.3. The van der Waals surface area contributed by atoms with E-state index < -0.39 is 34.4 Å². The summed E-state index contributed by atoms with van der Waals surface area (Å²) in [6.45, 7) is 1.13. The number of hydrogen-bond acceptors (Lipinski definition) is 5. The Bertz CT molecular complexity index is 822. The molecule has 0 aliphatic carbocycles. The zero-order valence-corrected chi connectivity index (χ0v) is 12.6. The van der Waals surface area contributed by atoms with Crippen molar-refractivity contribution in [3.63, 3.8) is 0 Å². The van der Waals surface area contributed by atoms with E-state index in [4.69, 9.17) is 4.52 Å². The Labute approximate surface area is 130 Å². The minimum atomic E-state index is -4.25. The van der Waals surface area contributed by atoms with Gasteiger partial charge in [0.15, 0.2) is 5.82 Å². The summed E-state index contributed by atoms with van der Waals surface area (Å²) in [6.07, 6.45) is 0. The average molecular weight is 346 g/mol. The molecule has 0 spiro atoms. The number of hydrogen-bond donors (Lipinski definition) is 3. The first kappa shape index (κ1) is 16.8. The van der Waals surface area contributed by atoms with E-state index in [0.717, 1.165) is 12.1 Å². The summed E-state index contributed by atoms with van der Waals surface area (Å²) in [4.78, 5) is 11.5. The first-order valence-electron chi connectivity index (χ1n) is 6.21. The minimum absolute atomic E-state index is 0.0276. The predicted molar refractivity (Wildman–Crippen MR) is 75.5 cm³/mol. The maximum absolute atomic E-state index is 13.4. The molecule has 2 aromatic rings. The van der Waals surface area contributed by atoms with Crippen molar-refractivity contribution in [1.29, 1.82) is 0 Å². The largest absolute Gasteiger partial charge is 0.360 e. The summed E-state index contributed by atoms with van der Waals surface area (Å²) in [5.74, 6) is -1.24. The maximum atomic E-state index is 13.4. The van der Waals surface area contributed by atoms with Gasteiger partial charge in [-0.15, -0.1) is 0 Å². The van der Waals surface area contributed by atoms with Crippen LogP contribution in [-0.2, 0) is 16.8 Å². The molecule has 0 bridgehead atoms. The number of anilines is 1. The van der Waals surface area contributed by atoms with E-state index >= 15 is 0 Å². The zero-order valence-electron chi connectivity index (χ0n) is 11.8. The van der Waals surface area contributed by atoms with Crippen molar-refractivity contribution in [2.75, 3.05) is 5.32 Å². The van der Waals surface area contributed by atoms with Crippen LogP contribution < -0.4 is 14.8 Å². The highest BCUT2D eigenvalue weighted by molar-refractivity contribution is 7.88. The smallest absolute Gasteiger partial charge is 0.335 e. The number of nitrogens with zero attached hydrogens (tertiary/aromatic N) is 1. The van der Waals surface area contributed by atoms with E-state index in [1.807, 2.05) is 4.72 Å². The molecule has 11 heteroatoms. The molecule has 0 aliphatic rings. The van der Waals surface area contributed by atoms with Gasteiger partial charge in [-0.1, -0.05) is 11.2 Å². The predicted octanol–water partition coefficient (Wildman–Crippen LogP) is 1.42. The standard InChI is InChI=1S/C12H12F2N4O4S/c1-7-4-11(17-22-7)16-12(19)18-23(20,21)15-6-8-2-3-9(13)5-10(8)14/h2-5,15H,6H2,1H3,(H2,16,17,18,19). The SMILES string of the molecule is Cc1cc(NC(=O)NS(=O)(=O)NCc2ccc(F)cc2F)no1. The number of carbonyl (C=O) groups excluding carboxylic acids is 1. The highest BCUT2D eigenvalue weighted by Gasteiger charge is 2.16. The molecule has 2 rings (SSSR count). The number of nitrogens with one attached hydrogen (secondary N) is 3. The second-order valence-electron chi connectivity index (χ2n) is 4.44. The Morgan fingerprint density at radius 3 is 2.65 bits per heavy atom. The molecule has 0 atom stereocenters. The van der Waals surface area contributed by atoms with E-state index in [-0.39, 0.29) is 11.4 Å². The van der Waals surface area contributed by atoms with Crippen LogP contribution in [0.1, 0.15) is 11.3 Å². The van der Waals surface area contributed by atoms with Gasteiger partial charge in [0.05, 0.1) is 0 Å². The highest BCUT2D eigenvalue weighted by atomic mass is 32.2. The number of rotatable bonds is 5. The van der Waals surface area contributed by atoms with Gasteiger partial charge in [0.1, 0.15) is 17.4 Å². The van der Waals surface area contributed by atoms with Crippen molar-refractivity contribution < 1.29 is 26.5 Å². The van der Waals surface area contributed by atoms with Gasteiger partial charge in [-0.3, -0.25) is 5.32 Å². The summed E-state index contributed by atoms with van der Waals surface area (Å²) in [7, 11) is -4.25. The van der Waals surface area contributed by atoms with Crippen LogP contribution in [0.4, 0.5) is 19.4 Å². The second-order valence-corrected chi connectivity index (χ2v) is 5.94. The fraction of sp³-hybridized carbons (Fsp3) is 0.167. The fourth-order valence-corrected chi connectivity index (χ4v) is 2.28. The number of aryl methyl sites for hydroxylation is 1. The third-order valence-electron chi connectivity index (χ3n) is 2.56. The Balaban J connectivity index is 1.92. The first-order valence-corrected chi connectivity index (χ1v) is 7.69. The quantitative estimate of drug-likeness (QED) is 0.758. The number of halogens is 2. The van der Waals surface area contributed by atoms with Crippen LogP contribution in [0.3, 0.4) is 0 Å². The van der Waals surface area contributed by atoms with Gasteiger partial charge in [0.2, 0.25) is 0 Å². The molecule has 1 aromatic heterocycles. The van der Waals surface area contributed by atoms with Gasteiger partial charge in [-0.2, -0.15) is 13.1 Å². The first-order chi connectivity index (χ1) is 10.7.